The van der Waals surface area contributed by atoms with Crippen molar-refractivity contribution in [2.45, 2.75) is 56.2 Å². The number of halogens is 3. The summed E-state index contributed by atoms with van der Waals surface area (Å²) in [6.07, 6.45) is 0.691. The molecule has 0 unspecified atom stereocenters. The molecule has 0 radical (unpaired) electrons. The Balaban J connectivity index is 1.45. The summed E-state index contributed by atoms with van der Waals surface area (Å²) < 4.78 is 42.6. The molecule has 3 heterocycles. The van der Waals surface area contributed by atoms with Crippen LogP contribution in [0.3, 0.4) is 0 Å². The Morgan fingerprint density at radius 3 is 2.67 bits per heavy atom. The van der Waals surface area contributed by atoms with Crippen molar-refractivity contribution in [3.8, 4) is 0 Å². The molecule has 3 fully saturated rings. The van der Waals surface area contributed by atoms with Crippen molar-refractivity contribution < 1.29 is 17.9 Å². The second-order valence-corrected chi connectivity index (χ2v) is 5.72. The van der Waals surface area contributed by atoms with Gasteiger partial charge in [-0.1, -0.05) is 0 Å². The van der Waals surface area contributed by atoms with Gasteiger partial charge in [0, 0.05) is 25.2 Å². The molecule has 0 aliphatic carbocycles. The summed E-state index contributed by atoms with van der Waals surface area (Å²) in [5.41, 5.74) is 0. The summed E-state index contributed by atoms with van der Waals surface area (Å²) in [6.45, 7) is 0.268. The third-order valence-electron chi connectivity index (χ3n) is 4.23. The van der Waals surface area contributed by atoms with E-state index in [1.165, 1.54) is 4.90 Å². The molecule has 3 rings (SSSR count). The highest BCUT2D eigenvalue weighted by Gasteiger charge is 2.42. The number of nitrogens with zero attached hydrogens (tertiary/aromatic N) is 1. The van der Waals surface area contributed by atoms with E-state index in [0.717, 1.165) is 25.7 Å². The standard InChI is InChI=1S/C12H19F3N2O/c13-12(14,15)7-17-4-3-8(6-17)16-10-5-9-1-2-11(10)18-9/h8-11,16H,1-7H2/t8-,9-,10+,11-/m1/s1. The van der Waals surface area contributed by atoms with Gasteiger partial charge in [-0.25, -0.2) is 0 Å². The van der Waals surface area contributed by atoms with Crippen LogP contribution < -0.4 is 5.32 Å². The smallest absolute Gasteiger partial charge is 0.373 e. The average Bonchev–Trinajstić information content (AvgIpc) is 2.92. The summed E-state index contributed by atoms with van der Waals surface area (Å²) >= 11 is 0. The molecule has 3 aliphatic heterocycles. The molecule has 3 nitrogen and oxygen atoms in total. The van der Waals surface area contributed by atoms with Gasteiger partial charge in [-0.05, 0) is 25.7 Å². The van der Waals surface area contributed by atoms with Gasteiger partial charge in [-0.15, -0.1) is 0 Å². The highest BCUT2D eigenvalue weighted by Crippen LogP contribution is 2.35. The quantitative estimate of drug-likeness (QED) is 0.836. The van der Waals surface area contributed by atoms with Gasteiger partial charge in [0.2, 0.25) is 0 Å². The fraction of sp³-hybridized carbons (Fsp3) is 1.00. The molecule has 3 aliphatic rings. The van der Waals surface area contributed by atoms with Gasteiger partial charge in [0.05, 0.1) is 18.8 Å². The molecular formula is C12H19F3N2O. The molecule has 0 aromatic heterocycles. The fourth-order valence-electron chi connectivity index (χ4n) is 3.48. The summed E-state index contributed by atoms with van der Waals surface area (Å²) in [7, 11) is 0. The van der Waals surface area contributed by atoms with Gasteiger partial charge in [0.15, 0.2) is 0 Å². The number of alkyl halides is 3. The average molecular weight is 264 g/mol. The van der Waals surface area contributed by atoms with E-state index in [-0.39, 0.29) is 6.04 Å². The second-order valence-electron chi connectivity index (χ2n) is 5.72. The lowest BCUT2D eigenvalue weighted by molar-refractivity contribution is -0.143. The fourth-order valence-corrected chi connectivity index (χ4v) is 3.48. The lowest BCUT2D eigenvalue weighted by Crippen LogP contribution is -2.45. The van der Waals surface area contributed by atoms with Crippen LogP contribution in [0.1, 0.15) is 25.7 Å². The zero-order chi connectivity index (χ0) is 12.8. The maximum atomic E-state index is 12.3. The molecular weight excluding hydrogens is 245 g/mol. The monoisotopic (exact) mass is 264 g/mol. The van der Waals surface area contributed by atoms with Gasteiger partial charge in [-0.3, -0.25) is 4.90 Å². The van der Waals surface area contributed by atoms with E-state index in [4.69, 9.17) is 4.74 Å². The number of likely N-dealkylation sites (tertiary alicyclic amines) is 1. The Hall–Kier alpha value is -0.330. The summed E-state index contributed by atoms with van der Waals surface area (Å²) in [4.78, 5) is 1.49. The molecule has 0 aromatic carbocycles. The van der Waals surface area contributed by atoms with Crippen LogP contribution in [0.2, 0.25) is 0 Å². The van der Waals surface area contributed by atoms with Crippen LogP contribution in [0.15, 0.2) is 0 Å². The van der Waals surface area contributed by atoms with Crippen LogP contribution in [0.5, 0.6) is 0 Å². The first-order valence-electron chi connectivity index (χ1n) is 6.70. The number of ether oxygens (including phenoxy) is 1. The first-order chi connectivity index (χ1) is 8.49. The maximum Gasteiger partial charge on any atom is 0.401 e. The number of hydrogen-bond donors (Lipinski definition) is 1. The van der Waals surface area contributed by atoms with Crippen LogP contribution in [-0.4, -0.2) is 55.0 Å². The van der Waals surface area contributed by atoms with Gasteiger partial charge in [0.25, 0.3) is 0 Å². The van der Waals surface area contributed by atoms with Crippen molar-refractivity contribution in [2.24, 2.45) is 0 Å². The minimum Gasteiger partial charge on any atom is -0.373 e. The Labute approximate surface area is 105 Å². The van der Waals surface area contributed by atoms with Gasteiger partial charge in [0.1, 0.15) is 0 Å². The predicted molar refractivity (Wildman–Crippen MR) is 60.3 cm³/mol. The van der Waals surface area contributed by atoms with E-state index in [2.05, 4.69) is 5.32 Å². The zero-order valence-corrected chi connectivity index (χ0v) is 10.2. The first-order valence-corrected chi connectivity index (χ1v) is 6.70. The lowest BCUT2D eigenvalue weighted by atomic mass is 9.95. The van der Waals surface area contributed by atoms with Crippen molar-refractivity contribution in [2.75, 3.05) is 19.6 Å². The molecule has 104 valence electrons. The number of hydrogen-bond acceptors (Lipinski definition) is 3. The second kappa shape index (κ2) is 4.65. The van der Waals surface area contributed by atoms with Crippen LogP contribution in [-0.2, 0) is 4.74 Å². The zero-order valence-electron chi connectivity index (χ0n) is 10.2. The number of nitrogens with one attached hydrogen (secondary N) is 1. The minimum atomic E-state index is -4.08. The van der Waals surface area contributed by atoms with Gasteiger partial charge < -0.3 is 10.1 Å². The Kier molecular flexibility index (Phi) is 3.28. The molecule has 18 heavy (non-hydrogen) atoms. The molecule has 3 saturated heterocycles. The van der Waals surface area contributed by atoms with Crippen LogP contribution in [0, 0.1) is 0 Å². The van der Waals surface area contributed by atoms with E-state index in [1.54, 1.807) is 0 Å². The van der Waals surface area contributed by atoms with Crippen molar-refractivity contribution in [1.29, 1.82) is 0 Å². The Morgan fingerprint density at radius 1 is 1.22 bits per heavy atom. The SMILES string of the molecule is FC(F)(F)CN1CC[C@@H](N[C@H]2C[C@H]3CC[C@H]2O3)C1. The third kappa shape index (κ3) is 2.81. The maximum absolute atomic E-state index is 12.3. The molecule has 4 atom stereocenters. The van der Waals surface area contributed by atoms with E-state index in [0.29, 0.717) is 31.3 Å². The van der Waals surface area contributed by atoms with Crippen LogP contribution in [0.25, 0.3) is 0 Å². The van der Waals surface area contributed by atoms with E-state index in [1.807, 2.05) is 0 Å². The molecule has 0 amide bonds. The largest absolute Gasteiger partial charge is 0.401 e. The number of rotatable bonds is 3. The van der Waals surface area contributed by atoms with E-state index in [9.17, 15) is 13.2 Å². The number of fused-ring (bicyclic) bond motifs is 2. The topological polar surface area (TPSA) is 24.5 Å². The Morgan fingerprint density at radius 2 is 2.06 bits per heavy atom. The molecule has 0 spiro atoms. The van der Waals surface area contributed by atoms with Gasteiger partial charge in [-0.2, -0.15) is 13.2 Å². The molecule has 0 aromatic rings. The highest BCUT2D eigenvalue weighted by atomic mass is 19.4. The van der Waals surface area contributed by atoms with Crippen molar-refractivity contribution in [1.82, 2.24) is 10.2 Å². The Bertz CT molecular complexity index is 310. The highest BCUT2D eigenvalue weighted by molar-refractivity contribution is 4.96. The van der Waals surface area contributed by atoms with Crippen molar-refractivity contribution >= 4 is 0 Å². The lowest BCUT2D eigenvalue weighted by Gasteiger charge is -2.24. The van der Waals surface area contributed by atoms with Crippen molar-refractivity contribution in [3.63, 3.8) is 0 Å². The van der Waals surface area contributed by atoms with E-state index >= 15 is 0 Å². The van der Waals surface area contributed by atoms with Crippen LogP contribution >= 0.6 is 0 Å². The minimum absolute atomic E-state index is 0.195. The van der Waals surface area contributed by atoms with Crippen LogP contribution in [0.4, 0.5) is 13.2 Å². The van der Waals surface area contributed by atoms with Crippen molar-refractivity contribution in [3.05, 3.63) is 0 Å². The summed E-state index contributed by atoms with van der Waals surface area (Å²) in [6, 6.07) is 0.555. The summed E-state index contributed by atoms with van der Waals surface area (Å²) in [5.74, 6) is 0. The predicted octanol–water partition coefficient (Wildman–Crippen LogP) is 1.53. The van der Waals surface area contributed by atoms with Gasteiger partial charge >= 0.3 is 6.18 Å². The molecule has 6 heteroatoms. The molecule has 0 saturated carbocycles. The summed E-state index contributed by atoms with van der Waals surface area (Å²) in [5, 5.41) is 3.49. The van der Waals surface area contributed by atoms with E-state index < -0.39 is 12.7 Å². The third-order valence-corrected chi connectivity index (χ3v) is 4.23. The normalized spacial score (nSPS) is 40.8. The first kappa shape index (κ1) is 12.7. The molecule has 2 bridgehead atoms. The molecule has 1 N–H and O–H groups in total.